The summed E-state index contributed by atoms with van der Waals surface area (Å²) in [6, 6.07) is 6.33. The van der Waals surface area contributed by atoms with Gasteiger partial charge >= 0.3 is 0 Å². The van der Waals surface area contributed by atoms with Gasteiger partial charge in [-0.25, -0.2) is 8.42 Å². The van der Waals surface area contributed by atoms with Gasteiger partial charge in [0.25, 0.3) is 5.91 Å². The maximum Gasteiger partial charge on any atom is 0.253 e. The molecule has 2 heterocycles. The van der Waals surface area contributed by atoms with Gasteiger partial charge in [-0.1, -0.05) is 6.07 Å². The van der Waals surface area contributed by atoms with Gasteiger partial charge in [0.2, 0.25) is 10.0 Å². The Bertz CT molecular complexity index is 700. The first-order chi connectivity index (χ1) is 11.5. The molecule has 1 N–H and O–H groups in total. The fourth-order valence-corrected chi connectivity index (χ4v) is 4.44. The van der Waals surface area contributed by atoms with Crippen molar-refractivity contribution in [3.63, 3.8) is 0 Å². The van der Waals surface area contributed by atoms with Crippen LogP contribution in [-0.4, -0.2) is 57.1 Å². The topological polar surface area (TPSA) is 84.9 Å². The van der Waals surface area contributed by atoms with Gasteiger partial charge in [0, 0.05) is 25.4 Å². The van der Waals surface area contributed by atoms with Crippen LogP contribution in [0.25, 0.3) is 0 Å². The minimum absolute atomic E-state index is 0.129. The molecule has 24 heavy (non-hydrogen) atoms. The van der Waals surface area contributed by atoms with Gasteiger partial charge in [-0.15, -0.1) is 0 Å². The fraction of sp³-hybridized carbons (Fsp3) is 0.562. The van der Waals surface area contributed by atoms with Gasteiger partial charge in [-0.2, -0.15) is 4.31 Å². The molecule has 132 valence electrons. The third-order valence-electron chi connectivity index (χ3n) is 4.17. The van der Waals surface area contributed by atoms with Crippen molar-refractivity contribution in [3.8, 4) is 0 Å². The molecule has 1 amide bonds. The lowest BCUT2D eigenvalue weighted by molar-refractivity contribution is -0.124. The van der Waals surface area contributed by atoms with Gasteiger partial charge in [-0.05, 0) is 38.0 Å². The van der Waals surface area contributed by atoms with Gasteiger partial charge in [-0.3, -0.25) is 4.79 Å². The van der Waals surface area contributed by atoms with E-state index in [9.17, 15) is 13.2 Å². The summed E-state index contributed by atoms with van der Waals surface area (Å²) in [7, 11) is -3.60. The van der Waals surface area contributed by atoms with Crippen LogP contribution in [-0.2, 0) is 24.3 Å². The zero-order chi connectivity index (χ0) is 17.2. The molecule has 0 saturated carbocycles. The molecule has 2 saturated heterocycles. The number of sulfonamides is 1. The molecule has 0 aromatic heterocycles. The van der Waals surface area contributed by atoms with E-state index in [0.29, 0.717) is 38.4 Å². The van der Waals surface area contributed by atoms with Gasteiger partial charge < -0.3 is 14.8 Å². The summed E-state index contributed by atoms with van der Waals surface area (Å²) < 4.78 is 37.7. The number of hydrogen-bond donors (Lipinski definition) is 1. The Morgan fingerprint density at radius 2 is 2.12 bits per heavy atom. The number of morpholine rings is 1. The molecule has 2 unspecified atom stereocenters. The Morgan fingerprint density at radius 3 is 2.83 bits per heavy atom. The van der Waals surface area contributed by atoms with Crippen LogP contribution in [0.4, 0.5) is 5.69 Å². The highest BCUT2D eigenvalue weighted by Crippen LogP contribution is 2.22. The minimum Gasteiger partial charge on any atom is -0.376 e. The van der Waals surface area contributed by atoms with E-state index in [4.69, 9.17) is 9.47 Å². The van der Waals surface area contributed by atoms with E-state index in [1.54, 1.807) is 12.1 Å². The normalized spacial score (nSPS) is 25.5. The van der Waals surface area contributed by atoms with E-state index in [1.807, 2.05) is 6.92 Å². The lowest BCUT2D eigenvalue weighted by Crippen LogP contribution is -2.44. The zero-order valence-electron chi connectivity index (χ0n) is 13.6. The van der Waals surface area contributed by atoms with E-state index in [-0.39, 0.29) is 16.9 Å². The summed E-state index contributed by atoms with van der Waals surface area (Å²) in [6.07, 6.45) is 0.971. The molecule has 1 aromatic rings. The van der Waals surface area contributed by atoms with Crippen molar-refractivity contribution >= 4 is 21.6 Å². The van der Waals surface area contributed by atoms with Crippen LogP contribution >= 0.6 is 0 Å². The Labute approximate surface area is 142 Å². The maximum absolute atomic E-state index is 12.8. The molecule has 0 bridgehead atoms. The van der Waals surface area contributed by atoms with E-state index in [0.717, 1.165) is 6.42 Å². The van der Waals surface area contributed by atoms with E-state index in [2.05, 4.69) is 5.32 Å². The Kier molecular flexibility index (Phi) is 5.19. The van der Waals surface area contributed by atoms with E-state index < -0.39 is 16.1 Å². The van der Waals surface area contributed by atoms with Crippen LogP contribution in [0.5, 0.6) is 0 Å². The molecule has 2 fully saturated rings. The minimum atomic E-state index is -3.60. The molecule has 0 radical (unpaired) electrons. The molecule has 2 atom stereocenters. The molecule has 0 aliphatic carbocycles. The first kappa shape index (κ1) is 17.3. The number of hydrogen-bond acceptors (Lipinski definition) is 5. The average molecular weight is 354 g/mol. The predicted octanol–water partition coefficient (Wildman–Crippen LogP) is 1.21. The second kappa shape index (κ2) is 7.18. The molecule has 0 spiro atoms. The Balaban J connectivity index is 1.75. The highest BCUT2D eigenvalue weighted by molar-refractivity contribution is 7.89. The lowest BCUT2D eigenvalue weighted by atomic mass is 10.2. The third-order valence-corrected chi connectivity index (χ3v) is 6.03. The van der Waals surface area contributed by atoms with Crippen molar-refractivity contribution in [2.45, 2.75) is 36.9 Å². The van der Waals surface area contributed by atoms with Crippen molar-refractivity contribution in [2.24, 2.45) is 0 Å². The van der Waals surface area contributed by atoms with Crippen LogP contribution in [0.1, 0.15) is 19.8 Å². The number of rotatable bonds is 4. The van der Waals surface area contributed by atoms with Gasteiger partial charge in [0.15, 0.2) is 0 Å². The van der Waals surface area contributed by atoms with Crippen LogP contribution in [0.2, 0.25) is 0 Å². The van der Waals surface area contributed by atoms with E-state index in [1.165, 1.54) is 16.4 Å². The fourth-order valence-electron chi connectivity index (χ4n) is 2.90. The lowest BCUT2D eigenvalue weighted by Gasteiger charge is -2.30. The number of benzene rings is 1. The molecule has 3 rings (SSSR count). The van der Waals surface area contributed by atoms with Crippen LogP contribution < -0.4 is 5.32 Å². The highest BCUT2D eigenvalue weighted by Gasteiger charge is 2.29. The number of nitrogens with one attached hydrogen (secondary N) is 1. The summed E-state index contributed by atoms with van der Waals surface area (Å²) in [6.45, 7) is 3.48. The van der Waals surface area contributed by atoms with Crippen LogP contribution in [0, 0.1) is 0 Å². The number of amides is 1. The molecule has 1 aromatic carbocycles. The summed E-state index contributed by atoms with van der Waals surface area (Å²) >= 11 is 0. The van der Waals surface area contributed by atoms with Crippen molar-refractivity contribution < 1.29 is 22.7 Å². The predicted molar refractivity (Wildman–Crippen MR) is 88.2 cm³/mol. The van der Waals surface area contributed by atoms with Gasteiger partial charge in [0.05, 0.1) is 17.6 Å². The quantitative estimate of drug-likeness (QED) is 0.879. The molecular formula is C16H22N2O5S. The summed E-state index contributed by atoms with van der Waals surface area (Å²) in [5, 5.41) is 2.74. The first-order valence-electron chi connectivity index (χ1n) is 8.11. The molecule has 2 aliphatic heterocycles. The number of anilines is 1. The number of ether oxygens (including phenoxy) is 2. The van der Waals surface area contributed by atoms with Crippen molar-refractivity contribution in [1.82, 2.24) is 4.31 Å². The second-order valence-corrected chi connectivity index (χ2v) is 8.00. The standard InChI is InChI=1S/C16H22N2O5S/c1-12-11-18(7-9-22-12)24(20,21)14-5-2-4-13(10-14)17-16(19)15-6-3-8-23-15/h2,4-5,10,12,15H,3,6-9,11H2,1H3,(H,17,19). The maximum atomic E-state index is 12.8. The smallest absolute Gasteiger partial charge is 0.253 e. The summed E-state index contributed by atoms with van der Waals surface area (Å²) in [5.41, 5.74) is 0.456. The third kappa shape index (κ3) is 3.77. The summed E-state index contributed by atoms with van der Waals surface area (Å²) in [5.74, 6) is -0.234. The number of carbonyl (C=O) groups excluding carboxylic acids is 1. The zero-order valence-corrected chi connectivity index (χ0v) is 14.4. The SMILES string of the molecule is CC1CN(S(=O)(=O)c2cccc(NC(=O)C3CCCO3)c2)CCO1. The largest absolute Gasteiger partial charge is 0.376 e. The number of nitrogens with zero attached hydrogens (tertiary/aromatic N) is 1. The second-order valence-electron chi connectivity index (χ2n) is 6.06. The first-order valence-corrected chi connectivity index (χ1v) is 9.55. The van der Waals surface area contributed by atoms with Crippen molar-refractivity contribution in [2.75, 3.05) is 31.6 Å². The molecular weight excluding hydrogens is 332 g/mol. The van der Waals surface area contributed by atoms with Crippen molar-refractivity contribution in [1.29, 1.82) is 0 Å². The Morgan fingerprint density at radius 1 is 1.29 bits per heavy atom. The molecule has 7 nitrogen and oxygen atoms in total. The Hall–Kier alpha value is -1.48. The number of carbonyl (C=O) groups is 1. The molecule has 2 aliphatic rings. The van der Waals surface area contributed by atoms with Crippen LogP contribution in [0.15, 0.2) is 29.2 Å². The molecule has 8 heteroatoms. The monoisotopic (exact) mass is 354 g/mol. The highest BCUT2D eigenvalue weighted by atomic mass is 32.2. The van der Waals surface area contributed by atoms with E-state index >= 15 is 0 Å². The van der Waals surface area contributed by atoms with Crippen LogP contribution in [0.3, 0.4) is 0 Å². The average Bonchev–Trinajstić information content (AvgIpc) is 3.10. The van der Waals surface area contributed by atoms with Crippen molar-refractivity contribution in [3.05, 3.63) is 24.3 Å². The van der Waals surface area contributed by atoms with Gasteiger partial charge in [0.1, 0.15) is 6.10 Å². The summed E-state index contributed by atoms with van der Waals surface area (Å²) in [4.78, 5) is 12.3.